The van der Waals surface area contributed by atoms with Crippen molar-refractivity contribution in [1.82, 2.24) is 0 Å². The molecule has 3 heteroatoms. The lowest BCUT2D eigenvalue weighted by molar-refractivity contribution is 0.547. The standard InChI is InChI=1S/C24H26N2O/c1-15-9-7-10-16(2)23(15)25-19(5)21-13-14-22(27-21)20(6)26-24-17(3)11-8-12-18(24)4/h7-14H,1-6H3. The minimum absolute atomic E-state index is 0.767. The highest BCUT2D eigenvalue weighted by Gasteiger charge is 2.10. The van der Waals surface area contributed by atoms with Gasteiger partial charge in [0.25, 0.3) is 0 Å². The summed E-state index contributed by atoms with van der Waals surface area (Å²) < 4.78 is 6.05. The van der Waals surface area contributed by atoms with Crippen LogP contribution in [0, 0.1) is 27.7 Å². The third kappa shape index (κ3) is 4.08. The van der Waals surface area contributed by atoms with Crippen LogP contribution in [0.2, 0.25) is 0 Å². The molecule has 0 fully saturated rings. The molecule has 0 bridgehead atoms. The van der Waals surface area contributed by atoms with Crippen molar-refractivity contribution >= 4 is 22.8 Å². The molecule has 0 amide bonds. The predicted octanol–water partition coefficient (Wildman–Crippen LogP) is 6.79. The van der Waals surface area contributed by atoms with Crippen LogP contribution in [0.25, 0.3) is 0 Å². The van der Waals surface area contributed by atoms with Crippen molar-refractivity contribution < 1.29 is 4.42 Å². The van der Waals surface area contributed by atoms with E-state index in [9.17, 15) is 0 Å². The minimum atomic E-state index is 0.767. The van der Waals surface area contributed by atoms with Crippen LogP contribution in [0.1, 0.15) is 47.6 Å². The van der Waals surface area contributed by atoms with Crippen molar-refractivity contribution in [3.63, 3.8) is 0 Å². The average Bonchev–Trinajstić information content (AvgIpc) is 3.12. The summed E-state index contributed by atoms with van der Waals surface area (Å²) in [6.07, 6.45) is 0. The first kappa shape index (κ1) is 18.8. The van der Waals surface area contributed by atoms with Gasteiger partial charge in [-0.15, -0.1) is 0 Å². The molecule has 0 N–H and O–H groups in total. The zero-order valence-electron chi connectivity index (χ0n) is 16.9. The van der Waals surface area contributed by atoms with Crippen LogP contribution in [-0.4, -0.2) is 11.4 Å². The Morgan fingerprint density at radius 3 is 1.26 bits per heavy atom. The second kappa shape index (κ2) is 7.75. The molecule has 3 nitrogen and oxygen atoms in total. The van der Waals surface area contributed by atoms with Crippen molar-refractivity contribution in [2.45, 2.75) is 41.5 Å². The van der Waals surface area contributed by atoms with Gasteiger partial charge in [-0.2, -0.15) is 0 Å². The van der Waals surface area contributed by atoms with Gasteiger partial charge in [0, 0.05) is 0 Å². The summed E-state index contributed by atoms with van der Waals surface area (Å²) in [5, 5.41) is 0. The third-order valence-corrected chi connectivity index (χ3v) is 4.76. The largest absolute Gasteiger partial charge is 0.454 e. The first-order valence-corrected chi connectivity index (χ1v) is 9.20. The summed E-state index contributed by atoms with van der Waals surface area (Å²) in [5.74, 6) is 1.53. The number of benzene rings is 2. The fourth-order valence-corrected chi connectivity index (χ4v) is 3.14. The van der Waals surface area contributed by atoms with Gasteiger partial charge in [-0.3, -0.25) is 0 Å². The predicted molar refractivity (Wildman–Crippen MR) is 114 cm³/mol. The van der Waals surface area contributed by atoms with E-state index in [-0.39, 0.29) is 0 Å². The quantitative estimate of drug-likeness (QED) is 0.473. The smallest absolute Gasteiger partial charge is 0.148 e. The van der Waals surface area contributed by atoms with E-state index in [0.717, 1.165) is 56.6 Å². The molecule has 0 radical (unpaired) electrons. The molecular weight excluding hydrogens is 332 g/mol. The average molecular weight is 358 g/mol. The molecular formula is C24H26N2O. The van der Waals surface area contributed by atoms with E-state index >= 15 is 0 Å². The number of rotatable bonds is 4. The van der Waals surface area contributed by atoms with Crippen LogP contribution < -0.4 is 0 Å². The van der Waals surface area contributed by atoms with Gasteiger partial charge in [0.05, 0.1) is 22.8 Å². The SMILES string of the molecule is CC(=Nc1c(C)cccc1C)c1ccc(C(C)=Nc2c(C)cccc2C)o1. The number of aliphatic imine (C=N–C) groups is 2. The van der Waals surface area contributed by atoms with Crippen LogP contribution in [0.5, 0.6) is 0 Å². The van der Waals surface area contributed by atoms with Crippen molar-refractivity contribution in [2.75, 3.05) is 0 Å². The van der Waals surface area contributed by atoms with Crippen molar-refractivity contribution in [1.29, 1.82) is 0 Å². The lowest BCUT2D eigenvalue weighted by atomic mass is 10.1. The summed E-state index contributed by atoms with van der Waals surface area (Å²) in [4.78, 5) is 9.59. The van der Waals surface area contributed by atoms with Crippen molar-refractivity contribution in [2.24, 2.45) is 9.98 Å². The lowest BCUT2D eigenvalue weighted by Crippen LogP contribution is -1.95. The zero-order valence-corrected chi connectivity index (χ0v) is 16.9. The van der Waals surface area contributed by atoms with Crippen LogP contribution >= 0.6 is 0 Å². The van der Waals surface area contributed by atoms with E-state index in [1.807, 2.05) is 26.0 Å². The maximum Gasteiger partial charge on any atom is 0.148 e. The molecule has 0 saturated heterocycles. The Hall–Kier alpha value is -2.94. The number of hydrogen-bond acceptors (Lipinski definition) is 3. The molecule has 0 unspecified atom stereocenters. The van der Waals surface area contributed by atoms with Gasteiger partial charge in [0.15, 0.2) is 0 Å². The Kier molecular flexibility index (Phi) is 5.41. The summed E-state index contributed by atoms with van der Waals surface area (Å²) in [6.45, 7) is 12.3. The highest BCUT2D eigenvalue weighted by molar-refractivity contribution is 6.02. The Morgan fingerprint density at radius 2 is 0.926 bits per heavy atom. The first-order valence-electron chi connectivity index (χ1n) is 9.20. The molecule has 0 aliphatic heterocycles. The fourth-order valence-electron chi connectivity index (χ4n) is 3.14. The van der Waals surface area contributed by atoms with Crippen LogP contribution in [0.15, 0.2) is 62.9 Å². The van der Waals surface area contributed by atoms with E-state index < -0.39 is 0 Å². The van der Waals surface area contributed by atoms with Crippen molar-refractivity contribution in [3.05, 3.63) is 82.3 Å². The van der Waals surface area contributed by atoms with Gasteiger partial charge >= 0.3 is 0 Å². The van der Waals surface area contributed by atoms with Gasteiger partial charge in [-0.1, -0.05) is 36.4 Å². The van der Waals surface area contributed by atoms with Gasteiger partial charge in [-0.05, 0) is 75.9 Å². The Morgan fingerprint density at radius 1 is 0.593 bits per heavy atom. The Labute approximate surface area is 161 Å². The Balaban J connectivity index is 1.92. The Bertz CT molecular complexity index is 916. The second-order valence-electron chi connectivity index (χ2n) is 7.04. The monoisotopic (exact) mass is 358 g/mol. The zero-order chi connectivity index (χ0) is 19.6. The minimum Gasteiger partial charge on any atom is -0.454 e. The molecule has 1 aromatic heterocycles. The van der Waals surface area contributed by atoms with Gasteiger partial charge in [0.2, 0.25) is 0 Å². The molecule has 0 saturated carbocycles. The second-order valence-corrected chi connectivity index (χ2v) is 7.04. The van der Waals surface area contributed by atoms with Crippen LogP contribution in [-0.2, 0) is 0 Å². The van der Waals surface area contributed by atoms with Gasteiger partial charge < -0.3 is 4.42 Å². The molecule has 1 heterocycles. The summed E-state index contributed by atoms with van der Waals surface area (Å²) >= 11 is 0. The highest BCUT2D eigenvalue weighted by Crippen LogP contribution is 2.26. The summed E-state index contributed by atoms with van der Waals surface area (Å²) in [6, 6.07) is 16.3. The highest BCUT2D eigenvalue weighted by atomic mass is 16.3. The van der Waals surface area contributed by atoms with Gasteiger partial charge in [0.1, 0.15) is 11.5 Å². The maximum atomic E-state index is 6.05. The molecule has 0 aliphatic rings. The van der Waals surface area contributed by atoms with Crippen molar-refractivity contribution in [3.8, 4) is 0 Å². The van der Waals surface area contributed by atoms with Gasteiger partial charge in [-0.25, -0.2) is 9.98 Å². The third-order valence-electron chi connectivity index (χ3n) is 4.76. The molecule has 2 aromatic carbocycles. The van der Waals surface area contributed by atoms with E-state index in [1.165, 1.54) is 0 Å². The molecule has 0 spiro atoms. The normalized spacial score (nSPS) is 12.5. The number of para-hydroxylation sites is 2. The topological polar surface area (TPSA) is 37.9 Å². The lowest BCUT2D eigenvalue weighted by Gasteiger charge is -2.06. The number of furan rings is 1. The summed E-state index contributed by atoms with van der Waals surface area (Å²) in [7, 11) is 0. The van der Waals surface area contributed by atoms with Crippen LogP contribution in [0.4, 0.5) is 11.4 Å². The maximum absolute atomic E-state index is 6.05. The number of aryl methyl sites for hydroxylation is 4. The molecule has 3 aromatic rings. The number of hydrogen-bond donors (Lipinski definition) is 0. The van der Waals surface area contributed by atoms with E-state index in [4.69, 9.17) is 14.4 Å². The molecule has 0 aliphatic carbocycles. The molecule has 3 rings (SSSR count). The van der Waals surface area contributed by atoms with Crippen LogP contribution in [0.3, 0.4) is 0 Å². The fraction of sp³-hybridized carbons (Fsp3) is 0.250. The molecule has 0 atom stereocenters. The first-order chi connectivity index (χ1) is 12.9. The van der Waals surface area contributed by atoms with E-state index in [2.05, 4.69) is 64.1 Å². The summed E-state index contributed by atoms with van der Waals surface area (Å²) in [5.41, 5.74) is 8.38. The molecule has 138 valence electrons. The van der Waals surface area contributed by atoms with E-state index in [1.54, 1.807) is 0 Å². The van der Waals surface area contributed by atoms with E-state index in [0.29, 0.717) is 0 Å². The molecule has 27 heavy (non-hydrogen) atoms. The number of nitrogens with zero attached hydrogens (tertiary/aromatic N) is 2.